The minimum Gasteiger partial charge on any atom is -0.325 e. The SMILES string of the molecule is CC(c1ccccc1)C1(C2(N)CC2)CC1. The van der Waals surface area contributed by atoms with Crippen molar-refractivity contribution >= 4 is 0 Å². The molecule has 15 heavy (non-hydrogen) atoms. The molecule has 2 aliphatic carbocycles. The van der Waals surface area contributed by atoms with E-state index in [0.29, 0.717) is 11.3 Å². The summed E-state index contributed by atoms with van der Waals surface area (Å²) in [6, 6.07) is 10.9. The summed E-state index contributed by atoms with van der Waals surface area (Å²) in [5.74, 6) is 0.631. The maximum atomic E-state index is 6.43. The summed E-state index contributed by atoms with van der Waals surface area (Å²) in [6.07, 6.45) is 5.15. The molecule has 2 aliphatic rings. The third-order valence-electron chi connectivity index (χ3n) is 4.70. The van der Waals surface area contributed by atoms with Crippen molar-refractivity contribution in [3.63, 3.8) is 0 Å². The van der Waals surface area contributed by atoms with E-state index >= 15 is 0 Å². The highest BCUT2D eigenvalue weighted by atomic mass is 14.9. The predicted octanol–water partition coefficient (Wildman–Crippen LogP) is 3.06. The van der Waals surface area contributed by atoms with Crippen LogP contribution in [0.1, 0.15) is 44.1 Å². The maximum absolute atomic E-state index is 6.43. The van der Waals surface area contributed by atoms with Crippen molar-refractivity contribution < 1.29 is 0 Å². The van der Waals surface area contributed by atoms with Crippen LogP contribution in [0.4, 0.5) is 0 Å². The van der Waals surface area contributed by atoms with E-state index < -0.39 is 0 Å². The number of hydrogen-bond donors (Lipinski definition) is 1. The first-order valence-corrected chi connectivity index (χ1v) is 6.02. The molecule has 1 atom stereocenters. The summed E-state index contributed by atoms with van der Waals surface area (Å²) in [5, 5.41) is 0. The Labute approximate surface area is 91.7 Å². The second-order valence-electron chi connectivity index (χ2n) is 5.44. The van der Waals surface area contributed by atoms with Crippen molar-refractivity contribution in [3.05, 3.63) is 35.9 Å². The summed E-state index contributed by atoms with van der Waals surface area (Å²) in [6.45, 7) is 2.36. The van der Waals surface area contributed by atoms with Crippen LogP contribution in [0.2, 0.25) is 0 Å². The Kier molecular flexibility index (Phi) is 1.79. The van der Waals surface area contributed by atoms with Gasteiger partial charge in [0, 0.05) is 5.54 Å². The van der Waals surface area contributed by atoms with Crippen LogP contribution < -0.4 is 5.73 Å². The molecule has 1 unspecified atom stereocenters. The molecule has 3 rings (SSSR count). The van der Waals surface area contributed by atoms with E-state index in [1.54, 1.807) is 0 Å². The lowest BCUT2D eigenvalue weighted by molar-refractivity contribution is 0.321. The third kappa shape index (κ3) is 1.26. The van der Waals surface area contributed by atoms with E-state index in [1.807, 2.05) is 0 Å². The molecule has 1 aromatic carbocycles. The van der Waals surface area contributed by atoms with Crippen molar-refractivity contribution in [3.8, 4) is 0 Å². The molecular formula is C14H19N. The Hall–Kier alpha value is -0.820. The standard InChI is InChI=1S/C14H19N/c1-11(12-5-3-2-4-6-12)13(7-8-13)14(15)9-10-14/h2-6,11H,7-10,15H2,1H3. The molecule has 1 nitrogen and oxygen atoms in total. The first-order chi connectivity index (χ1) is 7.18. The van der Waals surface area contributed by atoms with Crippen LogP contribution in [0.5, 0.6) is 0 Å². The molecule has 2 N–H and O–H groups in total. The van der Waals surface area contributed by atoms with Gasteiger partial charge in [0.05, 0.1) is 0 Å². The molecular weight excluding hydrogens is 182 g/mol. The molecule has 0 saturated heterocycles. The number of benzene rings is 1. The first kappa shape index (κ1) is 9.41. The lowest BCUT2D eigenvalue weighted by Crippen LogP contribution is -2.37. The average molecular weight is 201 g/mol. The third-order valence-corrected chi connectivity index (χ3v) is 4.70. The highest BCUT2D eigenvalue weighted by Crippen LogP contribution is 2.68. The molecule has 1 heteroatoms. The fourth-order valence-electron chi connectivity index (χ4n) is 3.19. The van der Waals surface area contributed by atoms with E-state index in [0.717, 1.165) is 0 Å². The van der Waals surface area contributed by atoms with E-state index in [1.165, 1.54) is 31.2 Å². The van der Waals surface area contributed by atoms with Crippen LogP contribution in [0, 0.1) is 5.41 Å². The zero-order chi connectivity index (χ0) is 10.5. The highest BCUT2D eigenvalue weighted by Gasteiger charge is 2.65. The van der Waals surface area contributed by atoms with Gasteiger partial charge in [0.2, 0.25) is 0 Å². The Morgan fingerprint density at radius 3 is 2.13 bits per heavy atom. The first-order valence-electron chi connectivity index (χ1n) is 6.02. The van der Waals surface area contributed by atoms with Gasteiger partial charge in [0.15, 0.2) is 0 Å². The number of nitrogens with two attached hydrogens (primary N) is 1. The molecule has 0 radical (unpaired) electrons. The predicted molar refractivity (Wildman–Crippen MR) is 62.7 cm³/mol. The van der Waals surface area contributed by atoms with Gasteiger partial charge in [-0.05, 0) is 42.6 Å². The van der Waals surface area contributed by atoms with Crippen LogP contribution in [0.3, 0.4) is 0 Å². The van der Waals surface area contributed by atoms with E-state index in [4.69, 9.17) is 5.73 Å². The summed E-state index contributed by atoms with van der Waals surface area (Å²) < 4.78 is 0. The molecule has 0 bridgehead atoms. The van der Waals surface area contributed by atoms with Crippen LogP contribution in [0.15, 0.2) is 30.3 Å². The molecule has 0 aliphatic heterocycles. The normalized spacial score (nSPS) is 27.1. The van der Waals surface area contributed by atoms with Gasteiger partial charge in [-0.15, -0.1) is 0 Å². The van der Waals surface area contributed by atoms with Crippen molar-refractivity contribution in [1.29, 1.82) is 0 Å². The van der Waals surface area contributed by atoms with E-state index in [-0.39, 0.29) is 5.54 Å². The Morgan fingerprint density at radius 1 is 1.07 bits per heavy atom. The van der Waals surface area contributed by atoms with Gasteiger partial charge < -0.3 is 5.73 Å². The summed E-state index contributed by atoms with van der Waals surface area (Å²) >= 11 is 0. The Morgan fingerprint density at radius 2 is 1.67 bits per heavy atom. The zero-order valence-corrected chi connectivity index (χ0v) is 9.37. The van der Waals surface area contributed by atoms with Gasteiger partial charge in [-0.25, -0.2) is 0 Å². The summed E-state index contributed by atoms with van der Waals surface area (Å²) in [5.41, 5.74) is 8.51. The topological polar surface area (TPSA) is 26.0 Å². The van der Waals surface area contributed by atoms with Crippen LogP contribution in [0.25, 0.3) is 0 Å². The second-order valence-corrected chi connectivity index (χ2v) is 5.44. The molecule has 2 fully saturated rings. The lowest BCUT2D eigenvalue weighted by Gasteiger charge is -2.30. The Bertz CT molecular complexity index is 360. The van der Waals surface area contributed by atoms with Gasteiger partial charge in [-0.3, -0.25) is 0 Å². The van der Waals surface area contributed by atoms with Gasteiger partial charge in [0.25, 0.3) is 0 Å². The second kappa shape index (κ2) is 2.85. The average Bonchev–Trinajstić information content (AvgIpc) is 3.13. The van der Waals surface area contributed by atoms with Crippen molar-refractivity contribution in [2.75, 3.05) is 0 Å². The number of rotatable bonds is 3. The summed E-state index contributed by atoms with van der Waals surface area (Å²) in [4.78, 5) is 0. The van der Waals surface area contributed by atoms with Crippen LogP contribution >= 0.6 is 0 Å². The molecule has 80 valence electrons. The molecule has 0 amide bonds. The van der Waals surface area contributed by atoms with Gasteiger partial charge >= 0.3 is 0 Å². The summed E-state index contributed by atoms with van der Waals surface area (Å²) in [7, 11) is 0. The molecule has 2 saturated carbocycles. The fourth-order valence-corrected chi connectivity index (χ4v) is 3.19. The Balaban J connectivity index is 1.89. The van der Waals surface area contributed by atoms with E-state index in [2.05, 4.69) is 37.3 Å². The fraction of sp³-hybridized carbons (Fsp3) is 0.571. The largest absolute Gasteiger partial charge is 0.325 e. The monoisotopic (exact) mass is 201 g/mol. The van der Waals surface area contributed by atoms with Crippen LogP contribution in [-0.4, -0.2) is 5.54 Å². The van der Waals surface area contributed by atoms with Crippen molar-refractivity contribution in [2.45, 2.75) is 44.1 Å². The van der Waals surface area contributed by atoms with Gasteiger partial charge in [0.1, 0.15) is 0 Å². The smallest absolute Gasteiger partial charge is 0.0218 e. The van der Waals surface area contributed by atoms with Crippen molar-refractivity contribution in [2.24, 2.45) is 11.1 Å². The quantitative estimate of drug-likeness (QED) is 0.799. The molecule has 0 heterocycles. The minimum atomic E-state index is 0.183. The van der Waals surface area contributed by atoms with Crippen molar-refractivity contribution in [1.82, 2.24) is 0 Å². The molecule has 1 aromatic rings. The van der Waals surface area contributed by atoms with Gasteiger partial charge in [-0.1, -0.05) is 37.3 Å². The van der Waals surface area contributed by atoms with Crippen LogP contribution in [-0.2, 0) is 0 Å². The lowest BCUT2D eigenvalue weighted by atomic mass is 9.78. The molecule has 0 spiro atoms. The maximum Gasteiger partial charge on any atom is 0.0218 e. The minimum absolute atomic E-state index is 0.183. The zero-order valence-electron chi connectivity index (χ0n) is 9.37. The number of hydrogen-bond acceptors (Lipinski definition) is 1. The van der Waals surface area contributed by atoms with E-state index in [9.17, 15) is 0 Å². The highest BCUT2D eigenvalue weighted by molar-refractivity contribution is 5.30. The van der Waals surface area contributed by atoms with Gasteiger partial charge in [-0.2, -0.15) is 0 Å². The molecule has 0 aromatic heterocycles.